The van der Waals surface area contributed by atoms with Crippen LogP contribution >= 0.6 is 0 Å². The smallest absolute Gasteiger partial charge is 0.255 e. The van der Waals surface area contributed by atoms with Crippen molar-refractivity contribution in [2.45, 2.75) is 40.5 Å². The first-order chi connectivity index (χ1) is 12.9. The molecule has 0 fully saturated rings. The lowest BCUT2D eigenvalue weighted by molar-refractivity contribution is -0.114. The highest BCUT2D eigenvalue weighted by molar-refractivity contribution is 6.07. The zero-order valence-corrected chi connectivity index (χ0v) is 16.6. The van der Waals surface area contributed by atoms with E-state index < -0.39 is 0 Å². The van der Waals surface area contributed by atoms with E-state index in [1.165, 1.54) is 6.92 Å². The lowest BCUT2D eigenvalue weighted by Crippen LogP contribution is -2.23. The van der Waals surface area contributed by atoms with Crippen molar-refractivity contribution in [1.29, 1.82) is 0 Å². The third-order valence-corrected chi connectivity index (χ3v) is 4.39. The van der Waals surface area contributed by atoms with Crippen LogP contribution in [0.25, 0.3) is 0 Å². The van der Waals surface area contributed by atoms with E-state index >= 15 is 0 Å². The lowest BCUT2D eigenvalue weighted by atomic mass is 10.1. The van der Waals surface area contributed by atoms with Gasteiger partial charge in [-0.1, -0.05) is 19.4 Å². The number of aryl methyl sites for hydroxylation is 1. The second-order valence-electron chi connectivity index (χ2n) is 6.66. The van der Waals surface area contributed by atoms with E-state index in [4.69, 9.17) is 0 Å². The second-order valence-corrected chi connectivity index (χ2v) is 6.66. The van der Waals surface area contributed by atoms with Crippen LogP contribution in [0.5, 0.6) is 0 Å². The van der Waals surface area contributed by atoms with Crippen LogP contribution in [-0.2, 0) is 4.79 Å². The molecular formula is C22H29N3O2. The minimum Gasteiger partial charge on any atom is -0.372 e. The molecule has 0 saturated carbocycles. The number of unbranched alkanes of at least 4 members (excludes halogenated alkanes) is 1. The number of nitrogens with zero attached hydrogens (tertiary/aromatic N) is 1. The average molecular weight is 367 g/mol. The zero-order valence-electron chi connectivity index (χ0n) is 16.6. The van der Waals surface area contributed by atoms with Gasteiger partial charge in [0.25, 0.3) is 5.91 Å². The van der Waals surface area contributed by atoms with Crippen molar-refractivity contribution in [2.24, 2.45) is 0 Å². The SMILES string of the molecule is CCCCN(CC)c1ccc(C(=O)Nc2cc(C)ccc2NC(C)=O)cc1. The Kier molecular flexibility index (Phi) is 7.41. The number of benzene rings is 2. The molecule has 0 aliphatic carbocycles. The van der Waals surface area contributed by atoms with Crippen molar-refractivity contribution in [3.63, 3.8) is 0 Å². The molecule has 0 atom stereocenters. The minimum absolute atomic E-state index is 0.176. The molecule has 2 N–H and O–H groups in total. The zero-order chi connectivity index (χ0) is 19.8. The summed E-state index contributed by atoms with van der Waals surface area (Å²) < 4.78 is 0. The van der Waals surface area contributed by atoms with Gasteiger partial charge in [-0.15, -0.1) is 0 Å². The number of hydrogen-bond donors (Lipinski definition) is 2. The van der Waals surface area contributed by atoms with Crippen LogP contribution in [0.2, 0.25) is 0 Å². The van der Waals surface area contributed by atoms with Gasteiger partial charge in [-0.3, -0.25) is 9.59 Å². The van der Waals surface area contributed by atoms with Crippen molar-refractivity contribution in [2.75, 3.05) is 28.6 Å². The fourth-order valence-electron chi connectivity index (χ4n) is 2.90. The van der Waals surface area contributed by atoms with E-state index in [1.54, 1.807) is 6.07 Å². The van der Waals surface area contributed by atoms with Gasteiger partial charge < -0.3 is 15.5 Å². The highest BCUT2D eigenvalue weighted by Crippen LogP contribution is 2.24. The summed E-state index contributed by atoms with van der Waals surface area (Å²) in [7, 11) is 0. The van der Waals surface area contributed by atoms with Crippen molar-refractivity contribution < 1.29 is 9.59 Å². The van der Waals surface area contributed by atoms with E-state index in [2.05, 4.69) is 29.4 Å². The molecule has 2 aromatic carbocycles. The molecule has 0 unspecified atom stereocenters. The quantitative estimate of drug-likeness (QED) is 0.702. The number of carbonyl (C=O) groups excluding carboxylic acids is 2. The van der Waals surface area contributed by atoms with Gasteiger partial charge in [0.05, 0.1) is 11.4 Å². The van der Waals surface area contributed by atoms with Crippen LogP contribution in [0, 0.1) is 6.92 Å². The summed E-state index contributed by atoms with van der Waals surface area (Å²) >= 11 is 0. The highest BCUT2D eigenvalue weighted by atomic mass is 16.2. The molecule has 0 radical (unpaired) electrons. The van der Waals surface area contributed by atoms with Crippen molar-refractivity contribution >= 4 is 28.9 Å². The van der Waals surface area contributed by atoms with Gasteiger partial charge in [-0.2, -0.15) is 0 Å². The summed E-state index contributed by atoms with van der Waals surface area (Å²) in [6.45, 7) is 9.66. The number of nitrogens with one attached hydrogen (secondary N) is 2. The summed E-state index contributed by atoms with van der Waals surface area (Å²) in [6, 6.07) is 13.2. The monoisotopic (exact) mass is 367 g/mol. The lowest BCUT2D eigenvalue weighted by Gasteiger charge is -2.23. The maximum atomic E-state index is 12.6. The molecule has 0 bridgehead atoms. The largest absolute Gasteiger partial charge is 0.372 e. The van der Waals surface area contributed by atoms with Crippen LogP contribution in [0.1, 0.15) is 49.5 Å². The van der Waals surface area contributed by atoms with E-state index in [0.29, 0.717) is 16.9 Å². The fourth-order valence-corrected chi connectivity index (χ4v) is 2.90. The normalized spacial score (nSPS) is 10.4. The van der Waals surface area contributed by atoms with E-state index in [1.807, 2.05) is 43.3 Å². The number of hydrogen-bond acceptors (Lipinski definition) is 3. The second kappa shape index (κ2) is 9.76. The Bertz CT molecular complexity index is 785. The third-order valence-electron chi connectivity index (χ3n) is 4.39. The van der Waals surface area contributed by atoms with Gasteiger partial charge in [0.1, 0.15) is 0 Å². The third kappa shape index (κ3) is 5.84. The van der Waals surface area contributed by atoms with Gasteiger partial charge in [0.2, 0.25) is 5.91 Å². The fraction of sp³-hybridized carbons (Fsp3) is 0.364. The predicted octanol–water partition coefficient (Wildman–Crippen LogP) is 4.83. The van der Waals surface area contributed by atoms with E-state index in [0.717, 1.165) is 37.2 Å². The van der Waals surface area contributed by atoms with Crippen LogP contribution in [0.4, 0.5) is 17.1 Å². The van der Waals surface area contributed by atoms with Gasteiger partial charge in [0.15, 0.2) is 0 Å². The number of anilines is 3. The summed E-state index contributed by atoms with van der Waals surface area (Å²) in [4.78, 5) is 26.3. The highest BCUT2D eigenvalue weighted by Gasteiger charge is 2.11. The first-order valence-electron chi connectivity index (χ1n) is 9.49. The molecule has 0 heterocycles. The molecule has 0 aromatic heterocycles. The molecule has 27 heavy (non-hydrogen) atoms. The first-order valence-corrected chi connectivity index (χ1v) is 9.49. The van der Waals surface area contributed by atoms with Crippen LogP contribution < -0.4 is 15.5 Å². The Labute approximate surface area is 161 Å². The first kappa shape index (κ1) is 20.5. The van der Waals surface area contributed by atoms with Crippen LogP contribution in [0.3, 0.4) is 0 Å². The summed E-state index contributed by atoms with van der Waals surface area (Å²) in [5.41, 5.74) is 3.90. The molecule has 0 saturated heterocycles. The number of amides is 2. The molecule has 5 nitrogen and oxygen atoms in total. The molecular weight excluding hydrogens is 338 g/mol. The molecule has 144 valence electrons. The van der Waals surface area contributed by atoms with Crippen LogP contribution in [-0.4, -0.2) is 24.9 Å². The molecule has 2 aromatic rings. The Morgan fingerprint density at radius 1 is 0.963 bits per heavy atom. The van der Waals surface area contributed by atoms with Gasteiger partial charge in [0, 0.05) is 31.3 Å². The van der Waals surface area contributed by atoms with E-state index in [9.17, 15) is 9.59 Å². The summed E-state index contributed by atoms with van der Waals surface area (Å²) in [6.07, 6.45) is 2.31. The van der Waals surface area contributed by atoms with Crippen molar-refractivity contribution in [3.8, 4) is 0 Å². The maximum absolute atomic E-state index is 12.6. The molecule has 0 spiro atoms. The molecule has 2 amide bonds. The Morgan fingerprint density at radius 3 is 2.26 bits per heavy atom. The Morgan fingerprint density at radius 2 is 1.67 bits per heavy atom. The minimum atomic E-state index is -0.199. The maximum Gasteiger partial charge on any atom is 0.255 e. The molecule has 5 heteroatoms. The van der Waals surface area contributed by atoms with Crippen LogP contribution in [0.15, 0.2) is 42.5 Å². The van der Waals surface area contributed by atoms with Gasteiger partial charge in [-0.05, 0) is 62.2 Å². The summed E-state index contributed by atoms with van der Waals surface area (Å²) in [5, 5.41) is 5.65. The number of rotatable bonds is 8. The average Bonchev–Trinajstić information content (AvgIpc) is 2.64. The topological polar surface area (TPSA) is 61.4 Å². The Hall–Kier alpha value is -2.82. The summed E-state index contributed by atoms with van der Waals surface area (Å²) in [5.74, 6) is -0.374. The standard InChI is InChI=1S/C22H29N3O2/c1-5-7-14-25(6-2)19-11-9-18(10-12-19)22(27)24-21-15-16(3)8-13-20(21)23-17(4)26/h8-13,15H,5-7,14H2,1-4H3,(H,23,26)(H,24,27). The van der Waals surface area contributed by atoms with Crippen molar-refractivity contribution in [3.05, 3.63) is 53.6 Å². The predicted molar refractivity (Wildman–Crippen MR) is 113 cm³/mol. The van der Waals surface area contributed by atoms with E-state index in [-0.39, 0.29) is 11.8 Å². The molecule has 0 aliphatic heterocycles. The Balaban J connectivity index is 2.14. The van der Waals surface area contributed by atoms with Crippen molar-refractivity contribution in [1.82, 2.24) is 0 Å². The molecule has 0 aliphatic rings. The van der Waals surface area contributed by atoms with Gasteiger partial charge >= 0.3 is 0 Å². The number of carbonyl (C=O) groups is 2. The van der Waals surface area contributed by atoms with Gasteiger partial charge in [-0.25, -0.2) is 0 Å². The molecule has 2 rings (SSSR count).